The number of amides is 2. The molecule has 1 fully saturated rings. The van der Waals surface area contributed by atoms with Crippen molar-refractivity contribution in [1.29, 1.82) is 0 Å². The zero-order valence-electron chi connectivity index (χ0n) is 16.8. The fraction of sp³-hybridized carbons (Fsp3) is 0.476. The van der Waals surface area contributed by atoms with Gasteiger partial charge in [-0.3, -0.25) is 14.5 Å². The average Bonchev–Trinajstić information content (AvgIpc) is 3.20. The average molecular weight is 383 g/mol. The molecule has 0 radical (unpaired) electrons. The number of aromatic nitrogens is 2. The predicted molar refractivity (Wildman–Crippen MR) is 109 cm³/mol. The summed E-state index contributed by atoms with van der Waals surface area (Å²) in [5, 5.41) is 2.70. The zero-order valence-corrected chi connectivity index (χ0v) is 16.8. The van der Waals surface area contributed by atoms with Gasteiger partial charge in [0.2, 0.25) is 11.8 Å². The number of benzene rings is 1. The third kappa shape index (κ3) is 4.42. The Bertz CT molecular complexity index is 802. The SMILES string of the molecule is CNC(=O)C1CN(C(C)C)CCN1C(=O)CCn1ccnc1-c1ccccc1. The van der Waals surface area contributed by atoms with E-state index in [4.69, 9.17) is 0 Å². The van der Waals surface area contributed by atoms with Crippen LogP contribution in [0.4, 0.5) is 0 Å². The molecular weight excluding hydrogens is 354 g/mol. The Morgan fingerprint density at radius 3 is 2.64 bits per heavy atom. The molecule has 1 saturated heterocycles. The Morgan fingerprint density at radius 2 is 1.96 bits per heavy atom. The maximum Gasteiger partial charge on any atom is 0.243 e. The minimum atomic E-state index is -0.440. The number of nitrogens with zero attached hydrogens (tertiary/aromatic N) is 4. The summed E-state index contributed by atoms with van der Waals surface area (Å²) in [5.74, 6) is 0.747. The van der Waals surface area contributed by atoms with Crippen molar-refractivity contribution < 1.29 is 9.59 Å². The summed E-state index contributed by atoms with van der Waals surface area (Å²) < 4.78 is 1.99. The van der Waals surface area contributed by atoms with Crippen molar-refractivity contribution in [1.82, 2.24) is 24.7 Å². The Balaban J connectivity index is 1.68. The summed E-state index contributed by atoms with van der Waals surface area (Å²) >= 11 is 0. The lowest BCUT2D eigenvalue weighted by atomic mass is 10.1. The highest BCUT2D eigenvalue weighted by molar-refractivity contribution is 5.88. The van der Waals surface area contributed by atoms with Crippen LogP contribution in [0.2, 0.25) is 0 Å². The Kier molecular flexibility index (Phi) is 6.46. The highest BCUT2D eigenvalue weighted by Crippen LogP contribution is 2.18. The first-order chi connectivity index (χ1) is 13.5. The van der Waals surface area contributed by atoms with Crippen LogP contribution in [0, 0.1) is 0 Å². The van der Waals surface area contributed by atoms with Crippen LogP contribution in [0.5, 0.6) is 0 Å². The number of piperazine rings is 1. The molecule has 2 amide bonds. The fourth-order valence-electron chi connectivity index (χ4n) is 3.66. The first-order valence-corrected chi connectivity index (χ1v) is 9.83. The summed E-state index contributed by atoms with van der Waals surface area (Å²) in [5.41, 5.74) is 1.02. The summed E-state index contributed by atoms with van der Waals surface area (Å²) in [6, 6.07) is 9.84. The maximum absolute atomic E-state index is 12.9. The molecule has 1 aromatic carbocycles. The van der Waals surface area contributed by atoms with E-state index in [-0.39, 0.29) is 11.8 Å². The van der Waals surface area contributed by atoms with E-state index >= 15 is 0 Å². The number of hydrogen-bond donors (Lipinski definition) is 1. The minimum Gasteiger partial charge on any atom is -0.357 e. The van der Waals surface area contributed by atoms with Gasteiger partial charge in [-0.15, -0.1) is 0 Å². The molecule has 28 heavy (non-hydrogen) atoms. The van der Waals surface area contributed by atoms with Crippen LogP contribution < -0.4 is 5.32 Å². The lowest BCUT2D eigenvalue weighted by molar-refractivity contribution is -0.144. The number of aryl methyl sites for hydroxylation is 1. The molecular formula is C21H29N5O2. The van der Waals surface area contributed by atoms with Crippen molar-refractivity contribution in [3.05, 3.63) is 42.7 Å². The van der Waals surface area contributed by atoms with Crippen molar-refractivity contribution >= 4 is 11.8 Å². The van der Waals surface area contributed by atoms with Crippen LogP contribution in [0.1, 0.15) is 20.3 Å². The van der Waals surface area contributed by atoms with Gasteiger partial charge in [0.1, 0.15) is 11.9 Å². The third-order valence-electron chi connectivity index (χ3n) is 5.33. The quantitative estimate of drug-likeness (QED) is 0.823. The molecule has 0 bridgehead atoms. The van der Waals surface area contributed by atoms with Crippen LogP contribution in [0.15, 0.2) is 42.7 Å². The number of carbonyl (C=O) groups excluding carboxylic acids is 2. The molecule has 150 valence electrons. The topological polar surface area (TPSA) is 70.5 Å². The van der Waals surface area contributed by atoms with E-state index in [9.17, 15) is 9.59 Å². The molecule has 1 aromatic heterocycles. The Hall–Kier alpha value is -2.67. The highest BCUT2D eigenvalue weighted by Gasteiger charge is 2.35. The standard InChI is InChI=1S/C21H29N5O2/c1-16(2)25-13-14-26(18(15-25)21(28)22-3)19(27)9-11-24-12-10-23-20(24)17-7-5-4-6-8-17/h4-8,10,12,16,18H,9,11,13-15H2,1-3H3,(H,22,28). The second-order valence-corrected chi connectivity index (χ2v) is 7.37. The molecule has 1 aliphatic rings. The summed E-state index contributed by atoms with van der Waals surface area (Å²) in [4.78, 5) is 33.7. The number of imidazole rings is 1. The van der Waals surface area contributed by atoms with Gasteiger partial charge in [0.15, 0.2) is 0 Å². The van der Waals surface area contributed by atoms with E-state index in [0.29, 0.717) is 32.1 Å². The molecule has 2 aromatic rings. The fourth-order valence-corrected chi connectivity index (χ4v) is 3.66. The predicted octanol–water partition coefficient (Wildman–Crippen LogP) is 1.61. The zero-order chi connectivity index (χ0) is 20.1. The first kappa shape index (κ1) is 20.1. The summed E-state index contributed by atoms with van der Waals surface area (Å²) in [6.07, 6.45) is 3.98. The number of likely N-dealkylation sites (N-methyl/N-ethyl adjacent to an activating group) is 1. The Morgan fingerprint density at radius 1 is 1.21 bits per heavy atom. The van der Waals surface area contributed by atoms with E-state index < -0.39 is 6.04 Å². The van der Waals surface area contributed by atoms with Crippen molar-refractivity contribution in [2.24, 2.45) is 0 Å². The lowest BCUT2D eigenvalue weighted by Gasteiger charge is -2.42. The molecule has 0 aliphatic carbocycles. The second kappa shape index (κ2) is 9.01. The molecule has 0 spiro atoms. The number of rotatable bonds is 6. The molecule has 3 rings (SSSR count). The largest absolute Gasteiger partial charge is 0.357 e. The van der Waals surface area contributed by atoms with Gasteiger partial charge in [-0.25, -0.2) is 4.98 Å². The number of carbonyl (C=O) groups is 2. The first-order valence-electron chi connectivity index (χ1n) is 9.83. The molecule has 0 saturated carbocycles. The van der Waals surface area contributed by atoms with E-state index in [1.807, 2.05) is 41.1 Å². The van der Waals surface area contributed by atoms with Gasteiger partial charge >= 0.3 is 0 Å². The summed E-state index contributed by atoms with van der Waals surface area (Å²) in [6.45, 7) is 6.70. The molecule has 7 heteroatoms. The van der Waals surface area contributed by atoms with Crippen molar-refractivity contribution in [2.75, 3.05) is 26.7 Å². The molecule has 1 aliphatic heterocycles. The van der Waals surface area contributed by atoms with Gasteiger partial charge in [0, 0.05) is 63.6 Å². The van der Waals surface area contributed by atoms with Crippen LogP contribution in [-0.4, -0.2) is 69.9 Å². The van der Waals surface area contributed by atoms with Gasteiger partial charge in [-0.05, 0) is 13.8 Å². The third-order valence-corrected chi connectivity index (χ3v) is 5.33. The van der Waals surface area contributed by atoms with Gasteiger partial charge in [0.05, 0.1) is 0 Å². The van der Waals surface area contributed by atoms with Crippen LogP contribution in [0.25, 0.3) is 11.4 Å². The van der Waals surface area contributed by atoms with Crippen LogP contribution >= 0.6 is 0 Å². The normalized spacial score (nSPS) is 17.7. The minimum absolute atomic E-state index is 0.00437. The lowest BCUT2D eigenvalue weighted by Crippen LogP contribution is -2.61. The molecule has 1 atom stereocenters. The highest BCUT2D eigenvalue weighted by atomic mass is 16.2. The van der Waals surface area contributed by atoms with Crippen LogP contribution in [-0.2, 0) is 16.1 Å². The molecule has 1 N–H and O–H groups in total. The molecule has 2 heterocycles. The van der Waals surface area contributed by atoms with E-state index in [0.717, 1.165) is 17.9 Å². The maximum atomic E-state index is 12.9. The van der Waals surface area contributed by atoms with E-state index in [1.54, 1.807) is 18.1 Å². The van der Waals surface area contributed by atoms with E-state index in [2.05, 4.69) is 29.0 Å². The number of nitrogens with one attached hydrogen (secondary N) is 1. The van der Waals surface area contributed by atoms with Gasteiger partial charge in [-0.1, -0.05) is 30.3 Å². The molecule has 7 nitrogen and oxygen atoms in total. The van der Waals surface area contributed by atoms with Crippen molar-refractivity contribution in [3.63, 3.8) is 0 Å². The second-order valence-electron chi connectivity index (χ2n) is 7.37. The van der Waals surface area contributed by atoms with Crippen molar-refractivity contribution in [3.8, 4) is 11.4 Å². The van der Waals surface area contributed by atoms with Gasteiger partial charge in [0.25, 0.3) is 0 Å². The van der Waals surface area contributed by atoms with E-state index in [1.165, 1.54) is 0 Å². The Labute approximate surface area is 166 Å². The number of hydrogen-bond acceptors (Lipinski definition) is 4. The van der Waals surface area contributed by atoms with Crippen LogP contribution in [0.3, 0.4) is 0 Å². The van der Waals surface area contributed by atoms with Gasteiger partial charge < -0.3 is 14.8 Å². The molecule has 1 unspecified atom stereocenters. The van der Waals surface area contributed by atoms with Crippen molar-refractivity contribution in [2.45, 2.75) is 38.9 Å². The summed E-state index contributed by atoms with van der Waals surface area (Å²) in [7, 11) is 1.62. The van der Waals surface area contributed by atoms with Gasteiger partial charge in [-0.2, -0.15) is 0 Å². The monoisotopic (exact) mass is 383 g/mol. The smallest absolute Gasteiger partial charge is 0.243 e.